The maximum absolute atomic E-state index is 12.0. The zero-order valence-corrected chi connectivity index (χ0v) is 14.5. The number of nitrogens with zero attached hydrogens (tertiary/aromatic N) is 1. The standard InChI is InChI=1S/C19H30N2O2/c1-3-4-13-21(2)19(22)20-15-16-9-8-12-18(14-16)23-17-10-6-5-7-11-17/h8-9,12,14,17H,3-7,10-11,13,15H2,1-2H3,(H,20,22). The number of amides is 2. The molecule has 1 aromatic carbocycles. The third-order valence-electron chi connectivity index (χ3n) is 4.39. The zero-order chi connectivity index (χ0) is 16.5. The number of carbonyl (C=O) groups is 1. The lowest BCUT2D eigenvalue weighted by atomic mass is 9.98. The third kappa shape index (κ3) is 6.12. The van der Waals surface area contributed by atoms with E-state index in [4.69, 9.17) is 4.74 Å². The van der Waals surface area contributed by atoms with E-state index in [9.17, 15) is 4.79 Å². The largest absolute Gasteiger partial charge is 0.490 e. The van der Waals surface area contributed by atoms with Gasteiger partial charge in [-0.05, 0) is 49.8 Å². The number of unbranched alkanes of at least 4 members (excludes halogenated alkanes) is 1. The van der Waals surface area contributed by atoms with E-state index in [-0.39, 0.29) is 6.03 Å². The van der Waals surface area contributed by atoms with E-state index in [1.165, 1.54) is 19.3 Å². The highest BCUT2D eigenvalue weighted by atomic mass is 16.5. The van der Waals surface area contributed by atoms with Crippen LogP contribution < -0.4 is 10.1 Å². The Morgan fingerprint density at radius 2 is 2.09 bits per heavy atom. The summed E-state index contributed by atoms with van der Waals surface area (Å²) in [6.07, 6.45) is 8.67. The van der Waals surface area contributed by atoms with Gasteiger partial charge in [0.1, 0.15) is 5.75 Å². The number of hydrogen-bond donors (Lipinski definition) is 1. The van der Waals surface area contributed by atoms with Crippen molar-refractivity contribution in [3.63, 3.8) is 0 Å². The molecule has 0 unspecified atom stereocenters. The smallest absolute Gasteiger partial charge is 0.317 e. The Hall–Kier alpha value is -1.71. The van der Waals surface area contributed by atoms with Gasteiger partial charge in [-0.25, -0.2) is 4.79 Å². The number of urea groups is 1. The van der Waals surface area contributed by atoms with E-state index in [1.54, 1.807) is 4.90 Å². The van der Waals surface area contributed by atoms with Crippen LogP contribution in [-0.4, -0.2) is 30.6 Å². The fourth-order valence-corrected chi connectivity index (χ4v) is 2.91. The van der Waals surface area contributed by atoms with Gasteiger partial charge in [0.2, 0.25) is 0 Å². The van der Waals surface area contributed by atoms with Crippen molar-refractivity contribution in [3.8, 4) is 5.75 Å². The average molecular weight is 318 g/mol. The lowest BCUT2D eigenvalue weighted by molar-refractivity contribution is 0.155. The van der Waals surface area contributed by atoms with Crippen LogP contribution in [0.25, 0.3) is 0 Å². The maximum atomic E-state index is 12.0. The minimum atomic E-state index is -0.0166. The zero-order valence-electron chi connectivity index (χ0n) is 14.5. The molecule has 2 amide bonds. The first-order chi connectivity index (χ1) is 11.2. The predicted molar refractivity (Wildman–Crippen MR) is 93.7 cm³/mol. The molecule has 1 fully saturated rings. The molecule has 0 aliphatic heterocycles. The van der Waals surface area contributed by atoms with Crippen molar-refractivity contribution < 1.29 is 9.53 Å². The summed E-state index contributed by atoms with van der Waals surface area (Å²) in [5.74, 6) is 0.919. The Morgan fingerprint density at radius 1 is 1.30 bits per heavy atom. The van der Waals surface area contributed by atoms with Crippen LogP contribution in [0.4, 0.5) is 4.79 Å². The van der Waals surface area contributed by atoms with Crippen LogP contribution in [0.15, 0.2) is 24.3 Å². The molecular weight excluding hydrogens is 288 g/mol. The van der Waals surface area contributed by atoms with Gasteiger partial charge in [-0.2, -0.15) is 0 Å². The summed E-state index contributed by atoms with van der Waals surface area (Å²) < 4.78 is 6.08. The van der Waals surface area contributed by atoms with Crippen molar-refractivity contribution in [3.05, 3.63) is 29.8 Å². The molecule has 0 aromatic heterocycles. The first kappa shape index (κ1) is 17.6. The van der Waals surface area contributed by atoms with Crippen LogP contribution in [-0.2, 0) is 6.54 Å². The first-order valence-corrected chi connectivity index (χ1v) is 8.93. The lowest BCUT2D eigenvalue weighted by Gasteiger charge is -2.23. The van der Waals surface area contributed by atoms with Crippen molar-refractivity contribution in [1.29, 1.82) is 0 Å². The minimum Gasteiger partial charge on any atom is -0.490 e. The van der Waals surface area contributed by atoms with Crippen LogP contribution in [0.5, 0.6) is 5.75 Å². The third-order valence-corrected chi connectivity index (χ3v) is 4.39. The van der Waals surface area contributed by atoms with Gasteiger partial charge >= 0.3 is 6.03 Å². The van der Waals surface area contributed by atoms with Crippen LogP contribution in [0.1, 0.15) is 57.4 Å². The Kier molecular flexibility index (Phi) is 7.24. The second kappa shape index (κ2) is 9.43. The molecule has 4 nitrogen and oxygen atoms in total. The van der Waals surface area contributed by atoms with Crippen LogP contribution in [0.3, 0.4) is 0 Å². The van der Waals surface area contributed by atoms with Crippen molar-refractivity contribution in [1.82, 2.24) is 10.2 Å². The second-order valence-corrected chi connectivity index (χ2v) is 6.46. The highest BCUT2D eigenvalue weighted by Crippen LogP contribution is 2.23. The van der Waals surface area contributed by atoms with Gasteiger partial charge in [-0.1, -0.05) is 31.9 Å². The highest BCUT2D eigenvalue weighted by molar-refractivity contribution is 5.73. The molecule has 0 atom stereocenters. The van der Waals surface area contributed by atoms with Crippen LogP contribution >= 0.6 is 0 Å². The Labute approximate surface area is 140 Å². The normalized spacial score (nSPS) is 15.2. The summed E-state index contributed by atoms with van der Waals surface area (Å²) in [5.41, 5.74) is 1.08. The van der Waals surface area contributed by atoms with Crippen molar-refractivity contribution in [2.75, 3.05) is 13.6 Å². The van der Waals surface area contributed by atoms with Crippen LogP contribution in [0, 0.1) is 0 Å². The quantitative estimate of drug-likeness (QED) is 0.812. The fourth-order valence-electron chi connectivity index (χ4n) is 2.91. The molecular formula is C19H30N2O2. The number of hydrogen-bond acceptors (Lipinski definition) is 2. The Morgan fingerprint density at radius 3 is 2.83 bits per heavy atom. The SMILES string of the molecule is CCCCN(C)C(=O)NCc1cccc(OC2CCCCC2)c1. The molecule has 1 saturated carbocycles. The summed E-state index contributed by atoms with van der Waals surface area (Å²) in [4.78, 5) is 13.7. The number of carbonyl (C=O) groups excluding carboxylic acids is 1. The summed E-state index contributed by atoms with van der Waals surface area (Å²) in [6.45, 7) is 3.47. The van der Waals surface area contributed by atoms with Crippen molar-refractivity contribution in [2.24, 2.45) is 0 Å². The summed E-state index contributed by atoms with van der Waals surface area (Å²) in [7, 11) is 1.84. The van der Waals surface area contributed by atoms with Gasteiger partial charge in [-0.15, -0.1) is 0 Å². The van der Waals surface area contributed by atoms with Gasteiger partial charge in [0, 0.05) is 20.1 Å². The molecule has 1 aromatic rings. The van der Waals surface area contributed by atoms with E-state index >= 15 is 0 Å². The van der Waals surface area contributed by atoms with Crippen molar-refractivity contribution in [2.45, 2.75) is 64.5 Å². The van der Waals surface area contributed by atoms with E-state index < -0.39 is 0 Å². The van der Waals surface area contributed by atoms with E-state index in [1.807, 2.05) is 31.3 Å². The monoisotopic (exact) mass is 318 g/mol. The van der Waals surface area contributed by atoms with E-state index in [0.717, 1.165) is 43.5 Å². The van der Waals surface area contributed by atoms with Gasteiger partial charge < -0.3 is 15.0 Å². The topological polar surface area (TPSA) is 41.6 Å². The number of benzene rings is 1. The number of ether oxygens (including phenoxy) is 1. The molecule has 1 aliphatic carbocycles. The average Bonchev–Trinajstić information content (AvgIpc) is 2.58. The molecule has 23 heavy (non-hydrogen) atoms. The minimum absolute atomic E-state index is 0.0166. The Balaban J connectivity index is 1.81. The number of rotatable bonds is 7. The van der Waals surface area contributed by atoms with Gasteiger partial charge in [-0.3, -0.25) is 0 Å². The van der Waals surface area contributed by atoms with E-state index in [2.05, 4.69) is 12.2 Å². The molecule has 0 saturated heterocycles. The van der Waals surface area contributed by atoms with Gasteiger partial charge in [0.25, 0.3) is 0 Å². The summed E-state index contributed by atoms with van der Waals surface area (Å²) in [6, 6.07) is 8.06. The molecule has 128 valence electrons. The molecule has 0 radical (unpaired) electrons. The predicted octanol–water partition coefficient (Wildman–Crippen LogP) is 4.34. The van der Waals surface area contributed by atoms with E-state index in [0.29, 0.717) is 12.6 Å². The first-order valence-electron chi connectivity index (χ1n) is 8.93. The van der Waals surface area contributed by atoms with Gasteiger partial charge in [0.05, 0.1) is 6.10 Å². The maximum Gasteiger partial charge on any atom is 0.317 e. The molecule has 0 heterocycles. The molecule has 2 rings (SSSR count). The lowest BCUT2D eigenvalue weighted by Crippen LogP contribution is -2.37. The Bertz CT molecular complexity index is 484. The fraction of sp³-hybridized carbons (Fsp3) is 0.632. The van der Waals surface area contributed by atoms with Gasteiger partial charge in [0.15, 0.2) is 0 Å². The highest BCUT2D eigenvalue weighted by Gasteiger charge is 2.15. The molecule has 1 N–H and O–H groups in total. The second-order valence-electron chi connectivity index (χ2n) is 6.46. The number of nitrogens with one attached hydrogen (secondary N) is 1. The van der Waals surface area contributed by atoms with Crippen LogP contribution in [0.2, 0.25) is 0 Å². The van der Waals surface area contributed by atoms with Crippen molar-refractivity contribution >= 4 is 6.03 Å². The summed E-state index contributed by atoms with van der Waals surface area (Å²) >= 11 is 0. The summed E-state index contributed by atoms with van der Waals surface area (Å²) in [5, 5.41) is 2.97. The molecule has 0 spiro atoms. The molecule has 0 bridgehead atoms. The molecule has 4 heteroatoms. The molecule has 1 aliphatic rings.